The second kappa shape index (κ2) is 5.09. The van der Waals surface area contributed by atoms with E-state index in [-0.39, 0.29) is 17.4 Å². The van der Waals surface area contributed by atoms with E-state index in [4.69, 9.17) is 9.47 Å². The molecule has 0 radical (unpaired) electrons. The van der Waals surface area contributed by atoms with Crippen LogP contribution in [0.3, 0.4) is 0 Å². The fraction of sp³-hybridized carbons (Fsp3) is 0.800. The Morgan fingerprint density at radius 1 is 1.25 bits per heavy atom. The number of hydrogen-bond donors (Lipinski definition) is 0. The molecular formula is C20H30O4. The van der Waals surface area contributed by atoms with E-state index < -0.39 is 16.4 Å². The molecule has 2 bridgehead atoms. The highest BCUT2D eigenvalue weighted by Gasteiger charge is 2.76. The average molecular weight is 334 g/mol. The van der Waals surface area contributed by atoms with Crippen molar-refractivity contribution >= 4 is 11.9 Å². The summed E-state index contributed by atoms with van der Waals surface area (Å²) in [5, 5.41) is 0. The van der Waals surface area contributed by atoms with Crippen molar-refractivity contribution in [1.29, 1.82) is 0 Å². The Bertz CT molecular complexity index is 607. The van der Waals surface area contributed by atoms with E-state index >= 15 is 0 Å². The van der Waals surface area contributed by atoms with Gasteiger partial charge in [-0.25, -0.2) is 4.79 Å². The first-order valence-corrected chi connectivity index (χ1v) is 9.09. The molecule has 1 heterocycles. The lowest BCUT2D eigenvalue weighted by molar-refractivity contribution is -0.183. The molecule has 2 aliphatic carbocycles. The second-order valence-electron chi connectivity index (χ2n) is 9.09. The summed E-state index contributed by atoms with van der Waals surface area (Å²) in [6.45, 7) is 14.8. The number of hydrogen-bond acceptors (Lipinski definition) is 4. The van der Waals surface area contributed by atoms with E-state index in [0.29, 0.717) is 25.4 Å². The van der Waals surface area contributed by atoms with Crippen LogP contribution in [-0.2, 0) is 19.1 Å². The topological polar surface area (TPSA) is 52.6 Å². The van der Waals surface area contributed by atoms with Gasteiger partial charge in [0.05, 0.1) is 12.0 Å². The largest absolute Gasteiger partial charge is 0.463 e. The minimum absolute atomic E-state index is 0.140. The van der Waals surface area contributed by atoms with Gasteiger partial charge in [0.15, 0.2) is 0 Å². The van der Waals surface area contributed by atoms with Gasteiger partial charge in [-0.3, -0.25) is 4.79 Å². The molecule has 4 atom stereocenters. The van der Waals surface area contributed by atoms with Crippen molar-refractivity contribution < 1.29 is 19.1 Å². The third kappa shape index (κ3) is 1.98. The highest BCUT2D eigenvalue weighted by molar-refractivity contribution is 5.93. The zero-order valence-electron chi connectivity index (χ0n) is 15.7. The van der Waals surface area contributed by atoms with E-state index in [0.717, 1.165) is 19.3 Å². The van der Waals surface area contributed by atoms with Crippen molar-refractivity contribution in [2.45, 2.75) is 72.3 Å². The van der Waals surface area contributed by atoms with Gasteiger partial charge in [0.25, 0.3) is 0 Å². The molecule has 4 nitrogen and oxygen atoms in total. The van der Waals surface area contributed by atoms with Crippen LogP contribution in [0.4, 0.5) is 0 Å². The van der Waals surface area contributed by atoms with Crippen molar-refractivity contribution in [3.05, 3.63) is 12.2 Å². The molecule has 0 spiro atoms. The van der Waals surface area contributed by atoms with Crippen LogP contribution in [-0.4, -0.2) is 24.1 Å². The van der Waals surface area contributed by atoms with Crippen LogP contribution in [0.15, 0.2) is 12.2 Å². The first-order valence-electron chi connectivity index (χ1n) is 9.09. The summed E-state index contributed by atoms with van der Waals surface area (Å²) in [5.74, 6) is -0.177. The van der Waals surface area contributed by atoms with Gasteiger partial charge in [-0.15, -0.1) is 0 Å². The molecule has 24 heavy (non-hydrogen) atoms. The third-order valence-electron chi connectivity index (χ3n) is 7.99. The van der Waals surface area contributed by atoms with Crippen LogP contribution < -0.4 is 0 Å². The molecule has 3 aliphatic rings. The third-order valence-corrected chi connectivity index (χ3v) is 7.99. The van der Waals surface area contributed by atoms with E-state index in [9.17, 15) is 9.59 Å². The zero-order chi connectivity index (χ0) is 18.0. The highest BCUT2D eigenvalue weighted by Crippen LogP contribution is 2.65. The van der Waals surface area contributed by atoms with Crippen molar-refractivity contribution in [2.75, 3.05) is 6.61 Å². The molecule has 3 fully saturated rings. The number of ether oxygens (including phenoxy) is 2. The Kier molecular flexibility index (Phi) is 3.71. The summed E-state index contributed by atoms with van der Waals surface area (Å²) in [6, 6.07) is 0. The molecule has 0 aromatic carbocycles. The maximum Gasteiger partial charge on any atom is 0.351 e. The van der Waals surface area contributed by atoms with Crippen LogP contribution in [0.25, 0.3) is 0 Å². The maximum atomic E-state index is 12.8. The summed E-state index contributed by atoms with van der Waals surface area (Å²) in [4.78, 5) is 25.1. The van der Waals surface area contributed by atoms with E-state index in [1.165, 1.54) is 5.57 Å². The van der Waals surface area contributed by atoms with Crippen molar-refractivity contribution in [3.8, 4) is 0 Å². The maximum absolute atomic E-state index is 12.8. The smallest absolute Gasteiger partial charge is 0.351 e. The monoisotopic (exact) mass is 334 g/mol. The number of allylic oxidation sites excluding steroid dienone is 1. The predicted molar refractivity (Wildman–Crippen MR) is 91.2 cm³/mol. The molecule has 0 aromatic rings. The normalized spacial score (nSPS) is 43.1. The number of esters is 2. The molecule has 1 aliphatic heterocycles. The predicted octanol–water partition coefficient (Wildman–Crippen LogP) is 4.03. The quantitative estimate of drug-likeness (QED) is 0.575. The summed E-state index contributed by atoms with van der Waals surface area (Å²) < 4.78 is 11.2. The van der Waals surface area contributed by atoms with E-state index in [2.05, 4.69) is 20.4 Å². The standard InChI is InChI=1S/C20H30O4/c1-13-7-8-18(5,14(13)2)11-12-23-16(22)20-10-9-19(6,15(21)24-20)17(20,3)4/h14H,1,7-12H2,2-6H3/t14-,18-,19?,20?/m0/s1. The fourth-order valence-electron chi connectivity index (χ4n) is 4.91. The van der Waals surface area contributed by atoms with Crippen LogP contribution in [0, 0.1) is 22.2 Å². The minimum atomic E-state index is -1.11. The van der Waals surface area contributed by atoms with Crippen molar-refractivity contribution in [2.24, 2.45) is 22.2 Å². The summed E-state index contributed by atoms with van der Waals surface area (Å²) >= 11 is 0. The highest BCUT2D eigenvalue weighted by atomic mass is 16.6. The Morgan fingerprint density at radius 3 is 2.38 bits per heavy atom. The van der Waals surface area contributed by atoms with Gasteiger partial charge in [0, 0.05) is 5.41 Å². The van der Waals surface area contributed by atoms with Gasteiger partial charge in [-0.2, -0.15) is 0 Å². The number of carbonyl (C=O) groups is 2. The number of fused-ring (bicyclic) bond motifs is 2. The lowest BCUT2D eigenvalue weighted by atomic mass is 9.66. The van der Waals surface area contributed by atoms with Gasteiger partial charge in [0.2, 0.25) is 5.60 Å². The second-order valence-corrected chi connectivity index (χ2v) is 9.09. The molecule has 4 heteroatoms. The van der Waals surface area contributed by atoms with Gasteiger partial charge in [-0.1, -0.05) is 39.8 Å². The fourth-order valence-corrected chi connectivity index (χ4v) is 4.91. The summed E-state index contributed by atoms with van der Waals surface area (Å²) in [7, 11) is 0. The summed E-state index contributed by atoms with van der Waals surface area (Å²) in [5.41, 5.74) is -0.797. The Balaban J connectivity index is 1.66. The molecular weight excluding hydrogens is 304 g/mol. The van der Waals surface area contributed by atoms with Crippen LogP contribution in [0.1, 0.15) is 66.7 Å². The number of carbonyl (C=O) groups excluding carboxylic acids is 2. The van der Waals surface area contributed by atoms with Crippen LogP contribution in [0.2, 0.25) is 0 Å². The molecule has 134 valence electrons. The van der Waals surface area contributed by atoms with Gasteiger partial charge < -0.3 is 9.47 Å². The van der Waals surface area contributed by atoms with E-state index in [1.54, 1.807) is 0 Å². The molecule has 0 amide bonds. The van der Waals surface area contributed by atoms with Crippen molar-refractivity contribution in [3.63, 3.8) is 0 Å². The van der Waals surface area contributed by atoms with E-state index in [1.807, 2.05) is 20.8 Å². The molecule has 0 N–H and O–H groups in total. The van der Waals surface area contributed by atoms with Crippen LogP contribution >= 0.6 is 0 Å². The zero-order valence-corrected chi connectivity index (χ0v) is 15.7. The first kappa shape index (κ1) is 17.5. The lowest BCUT2D eigenvalue weighted by Gasteiger charge is -2.35. The minimum Gasteiger partial charge on any atom is -0.463 e. The Hall–Kier alpha value is -1.32. The average Bonchev–Trinajstić information content (AvgIpc) is 2.94. The molecule has 0 aromatic heterocycles. The first-order chi connectivity index (χ1) is 11.0. The van der Waals surface area contributed by atoms with Gasteiger partial charge in [0.1, 0.15) is 0 Å². The molecule has 3 rings (SSSR count). The van der Waals surface area contributed by atoms with Crippen LogP contribution in [0.5, 0.6) is 0 Å². The van der Waals surface area contributed by atoms with Gasteiger partial charge >= 0.3 is 11.9 Å². The Morgan fingerprint density at radius 2 is 1.92 bits per heavy atom. The summed E-state index contributed by atoms with van der Waals surface area (Å²) in [6.07, 6.45) is 4.21. The SMILES string of the molecule is C=C1CC[C@@](C)(CCOC(=O)C23CCC(C)(C(=O)O2)C3(C)C)[C@H]1C. The number of rotatable bonds is 4. The molecule has 1 saturated heterocycles. The lowest BCUT2D eigenvalue weighted by Crippen LogP contribution is -2.49. The molecule has 2 unspecified atom stereocenters. The Labute approximate surface area is 145 Å². The van der Waals surface area contributed by atoms with Gasteiger partial charge in [-0.05, 0) is 50.4 Å². The molecule has 2 saturated carbocycles. The van der Waals surface area contributed by atoms with Crippen molar-refractivity contribution in [1.82, 2.24) is 0 Å².